The van der Waals surface area contributed by atoms with Crippen LogP contribution in [0.15, 0.2) is 18.2 Å². The van der Waals surface area contributed by atoms with Crippen molar-refractivity contribution in [3.8, 4) is 5.75 Å². The predicted octanol–water partition coefficient (Wildman–Crippen LogP) is 2.93. The number of benzene rings is 1. The first-order chi connectivity index (χ1) is 7.46. The van der Waals surface area contributed by atoms with E-state index < -0.39 is 0 Å². The summed E-state index contributed by atoms with van der Waals surface area (Å²) in [5.74, 6) is 0.426. The summed E-state index contributed by atoms with van der Waals surface area (Å²) < 4.78 is 0. The average molecular weight is 219 g/mol. The molecule has 1 fully saturated rings. The summed E-state index contributed by atoms with van der Waals surface area (Å²) in [6.45, 7) is 9.82. The van der Waals surface area contributed by atoms with Gasteiger partial charge in [0.15, 0.2) is 0 Å². The van der Waals surface area contributed by atoms with Gasteiger partial charge in [-0.3, -0.25) is 4.90 Å². The Morgan fingerprint density at radius 2 is 2.12 bits per heavy atom. The van der Waals surface area contributed by atoms with Crippen LogP contribution in [0.5, 0.6) is 5.75 Å². The third-order valence-corrected chi connectivity index (χ3v) is 3.39. The lowest BCUT2D eigenvalue weighted by atomic mass is 9.93. The molecular formula is C14H21NO. The molecule has 16 heavy (non-hydrogen) atoms. The minimum atomic E-state index is 0.426. The third-order valence-electron chi connectivity index (χ3n) is 3.39. The summed E-state index contributed by atoms with van der Waals surface area (Å²) in [5, 5.41) is 9.80. The molecule has 0 saturated carbocycles. The molecule has 0 aliphatic carbocycles. The predicted molar refractivity (Wildman–Crippen MR) is 66.5 cm³/mol. The molecule has 1 heterocycles. The maximum atomic E-state index is 9.80. The molecule has 0 atom stereocenters. The van der Waals surface area contributed by atoms with E-state index in [0.717, 1.165) is 25.2 Å². The van der Waals surface area contributed by atoms with E-state index in [-0.39, 0.29) is 0 Å². The van der Waals surface area contributed by atoms with Gasteiger partial charge in [-0.2, -0.15) is 0 Å². The lowest BCUT2D eigenvalue weighted by Gasteiger charge is -2.20. The van der Waals surface area contributed by atoms with Crippen LogP contribution >= 0.6 is 0 Å². The molecule has 88 valence electrons. The van der Waals surface area contributed by atoms with Gasteiger partial charge in [-0.15, -0.1) is 0 Å². The fraction of sp³-hybridized carbons (Fsp3) is 0.571. The number of nitrogens with zero attached hydrogens (tertiary/aromatic N) is 1. The smallest absolute Gasteiger partial charge is 0.120 e. The van der Waals surface area contributed by atoms with Gasteiger partial charge in [0.25, 0.3) is 0 Å². The highest BCUT2D eigenvalue weighted by molar-refractivity contribution is 5.35. The van der Waals surface area contributed by atoms with Crippen LogP contribution in [0.2, 0.25) is 0 Å². The fourth-order valence-electron chi connectivity index (χ4n) is 2.44. The standard InChI is InChI=1S/C14H21NO/c1-11-4-5-13(16)12(8-11)9-15-7-6-14(2,3)10-15/h4-5,8,16H,6-7,9-10H2,1-3H3. The summed E-state index contributed by atoms with van der Waals surface area (Å²) in [7, 11) is 0. The van der Waals surface area contributed by atoms with Gasteiger partial charge in [-0.25, -0.2) is 0 Å². The van der Waals surface area contributed by atoms with Crippen molar-refractivity contribution in [3.05, 3.63) is 29.3 Å². The first-order valence-electron chi connectivity index (χ1n) is 5.97. The zero-order valence-corrected chi connectivity index (χ0v) is 10.5. The Hall–Kier alpha value is -1.02. The Bertz CT molecular complexity index is 384. The first-order valence-corrected chi connectivity index (χ1v) is 5.97. The minimum absolute atomic E-state index is 0.426. The molecule has 0 amide bonds. The summed E-state index contributed by atoms with van der Waals surface area (Å²) in [6.07, 6.45) is 1.25. The summed E-state index contributed by atoms with van der Waals surface area (Å²) in [4.78, 5) is 2.43. The molecule has 1 aromatic rings. The van der Waals surface area contributed by atoms with Crippen molar-refractivity contribution < 1.29 is 5.11 Å². The molecule has 0 bridgehead atoms. The van der Waals surface area contributed by atoms with Crippen molar-refractivity contribution >= 4 is 0 Å². The van der Waals surface area contributed by atoms with E-state index in [1.807, 2.05) is 6.07 Å². The van der Waals surface area contributed by atoms with Crippen LogP contribution in [-0.2, 0) is 6.54 Å². The molecule has 1 saturated heterocycles. The summed E-state index contributed by atoms with van der Waals surface area (Å²) in [6, 6.07) is 5.83. The second-order valence-electron chi connectivity index (χ2n) is 5.76. The normalized spacial score (nSPS) is 20.2. The molecule has 0 spiro atoms. The van der Waals surface area contributed by atoms with E-state index in [9.17, 15) is 5.11 Å². The monoisotopic (exact) mass is 219 g/mol. The van der Waals surface area contributed by atoms with Gasteiger partial charge in [0.2, 0.25) is 0 Å². The number of aryl methyl sites for hydroxylation is 1. The highest BCUT2D eigenvalue weighted by Crippen LogP contribution is 2.31. The zero-order valence-electron chi connectivity index (χ0n) is 10.5. The number of rotatable bonds is 2. The van der Waals surface area contributed by atoms with Crippen molar-refractivity contribution in [1.29, 1.82) is 0 Å². The quantitative estimate of drug-likeness (QED) is 0.826. The largest absolute Gasteiger partial charge is 0.508 e. The van der Waals surface area contributed by atoms with Gasteiger partial charge in [0, 0.05) is 18.7 Å². The number of hydrogen-bond donors (Lipinski definition) is 1. The molecule has 2 rings (SSSR count). The molecule has 0 radical (unpaired) electrons. The molecule has 2 nitrogen and oxygen atoms in total. The van der Waals surface area contributed by atoms with Crippen molar-refractivity contribution in [2.24, 2.45) is 5.41 Å². The summed E-state index contributed by atoms with van der Waals surface area (Å²) >= 11 is 0. The topological polar surface area (TPSA) is 23.5 Å². The number of aromatic hydroxyl groups is 1. The molecule has 1 aliphatic rings. The van der Waals surface area contributed by atoms with E-state index in [1.165, 1.54) is 12.0 Å². The van der Waals surface area contributed by atoms with Crippen molar-refractivity contribution in [2.75, 3.05) is 13.1 Å². The van der Waals surface area contributed by atoms with Crippen molar-refractivity contribution in [3.63, 3.8) is 0 Å². The van der Waals surface area contributed by atoms with Gasteiger partial charge >= 0.3 is 0 Å². The summed E-state index contributed by atoms with van der Waals surface area (Å²) in [5.41, 5.74) is 2.70. The minimum Gasteiger partial charge on any atom is -0.508 e. The van der Waals surface area contributed by atoms with Gasteiger partial charge in [-0.1, -0.05) is 31.5 Å². The van der Waals surface area contributed by atoms with E-state index >= 15 is 0 Å². The highest BCUT2D eigenvalue weighted by atomic mass is 16.3. The van der Waals surface area contributed by atoms with Crippen LogP contribution in [0, 0.1) is 12.3 Å². The maximum absolute atomic E-state index is 9.80. The first kappa shape index (κ1) is 11.5. The van der Waals surface area contributed by atoms with Crippen LogP contribution in [0.1, 0.15) is 31.4 Å². The fourth-order valence-corrected chi connectivity index (χ4v) is 2.44. The van der Waals surface area contributed by atoms with Crippen LogP contribution < -0.4 is 0 Å². The van der Waals surface area contributed by atoms with Crippen molar-refractivity contribution in [1.82, 2.24) is 4.90 Å². The average Bonchev–Trinajstić information content (AvgIpc) is 2.52. The molecular weight excluding hydrogens is 198 g/mol. The highest BCUT2D eigenvalue weighted by Gasteiger charge is 2.29. The van der Waals surface area contributed by atoms with E-state index in [4.69, 9.17) is 0 Å². The SMILES string of the molecule is Cc1ccc(O)c(CN2CCC(C)(C)C2)c1. The van der Waals surface area contributed by atoms with Crippen LogP contribution in [0.25, 0.3) is 0 Å². The van der Waals surface area contributed by atoms with Crippen molar-refractivity contribution in [2.45, 2.75) is 33.7 Å². The molecule has 0 unspecified atom stereocenters. The second kappa shape index (κ2) is 4.10. The second-order valence-corrected chi connectivity index (χ2v) is 5.76. The van der Waals surface area contributed by atoms with Crippen LogP contribution in [0.3, 0.4) is 0 Å². The van der Waals surface area contributed by atoms with Gasteiger partial charge in [0.1, 0.15) is 5.75 Å². The lowest BCUT2D eigenvalue weighted by Crippen LogP contribution is -2.22. The molecule has 0 aromatic heterocycles. The maximum Gasteiger partial charge on any atom is 0.120 e. The zero-order chi connectivity index (χ0) is 11.8. The molecule has 1 N–H and O–H groups in total. The Morgan fingerprint density at radius 1 is 1.38 bits per heavy atom. The Balaban J connectivity index is 2.07. The number of phenolic OH excluding ortho intramolecular Hbond substituents is 1. The molecule has 1 aromatic carbocycles. The number of likely N-dealkylation sites (tertiary alicyclic amines) is 1. The lowest BCUT2D eigenvalue weighted by molar-refractivity contribution is 0.280. The Labute approximate surface area is 97.9 Å². The Kier molecular flexibility index (Phi) is 2.94. The van der Waals surface area contributed by atoms with E-state index in [2.05, 4.69) is 31.7 Å². The van der Waals surface area contributed by atoms with Gasteiger partial charge in [0.05, 0.1) is 0 Å². The van der Waals surface area contributed by atoms with E-state index in [0.29, 0.717) is 11.2 Å². The molecule has 1 aliphatic heterocycles. The van der Waals surface area contributed by atoms with E-state index in [1.54, 1.807) is 6.07 Å². The van der Waals surface area contributed by atoms with Gasteiger partial charge < -0.3 is 5.11 Å². The Morgan fingerprint density at radius 3 is 2.75 bits per heavy atom. The molecule has 2 heteroatoms. The van der Waals surface area contributed by atoms with Crippen LogP contribution in [0.4, 0.5) is 0 Å². The van der Waals surface area contributed by atoms with Crippen LogP contribution in [-0.4, -0.2) is 23.1 Å². The van der Waals surface area contributed by atoms with Gasteiger partial charge in [-0.05, 0) is 31.4 Å². The number of hydrogen-bond acceptors (Lipinski definition) is 2. The third kappa shape index (κ3) is 2.56. The number of phenols is 1.